The minimum Gasteiger partial charge on any atom is -0.274 e. The van der Waals surface area contributed by atoms with E-state index >= 15 is 0 Å². The number of carbonyl (C=O) groups is 1. The van der Waals surface area contributed by atoms with Gasteiger partial charge in [0, 0.05) is 22.3 Å². The molecule has 0 unspecified atom stereocenters. The molecule has 152 valence electrons. The molecule has 2 aromatic heterocycles. The normalized spacial score (nSPS) is 10.9. The van der Waals surface area contributed by atoms with Crippen molar-refractivity contribution in [3.05, 3.63) is 69.6 Å². The Morgan fingerprint density at radius 3 is 2.67 bits per heavy atom. The Labute approximate surface area is 186 Å². The van der Waals surface area contributed by atoms with Gasteiger partial charge in [0.1, 0.15) is 6.54 Å². The molecule has 0 atom stereocenters. The van der Waals surface area contributed by atoms with Gasteiger partial charge < -0.3 is 0 Å². The average molecular weight is 483 g/mol. The van der Waals surface area contributed by atoms with Crippen molar-refractivity contribution in [3.8, 4) is 11.4 Å². The number of para-hydroxylation sites is 1. The van der Waals surface area contributed by atoms with Crippen LogP contribution >= 0.6 is 27.3 Å². The van der Waals surface area contributed by atoms with Gasteiger partial charge in [-0.2, -0.15) is 4.80 Å². The van der Waals surface area contributed by atoms with Crippen LogP contribution in [-0.4, -0.2) is 31.1 Å². The van der Waals surface area contributed by atoms with E-state index in [1.807, 2.05) is 53.9 Å². The topological polar surface area (TPSA) is 76.8 Å². The van der Waals surface area contributed by atoms with Crippen LogP contribution in [0.5, 0.6) is 0 Å². The fraction of sp³-hybridized carbons (Fsp3) is 0.190. The number of rotatable bonds is 6. The van der Waals surface area contributed by atoms with E-state index in [-0.39, 0.29) is 5.91 Å². The van der Waals surface area contributed by atoms with Crippen molar-refractivity contribution in [1.29, 1.82) is 0 Å². The highest BCUT2D eigenvalue weighted by molar-refractivity contribution is 9.10. The fourth-order valence-corrected chi connectivity index (χ4v) is 4.21. The Morgan fingerprint density at radius 2 is 1.93 bits per heavy atom. The van der Waals surface area contributed by atoms with Crippen LogP contribution in [0.3, 0.4) is 0 Å². The van der Waals surface area contributed by atoms with E-state index < -0.39 is 0 Å². The number of aryl methyl sites for hydroxylation is 1. The lowest BCUT2D eigenvalue weighted by molar-refractivity contribution is -0.115. The zero-order valence-electron chi connectivity index (χ0n) is 16.5. The summed E-state index contributed by atoms with van der Waals surface area (Å²) in [5, 5.41) is 15.3. The predicted octanol–water partition coefficient (Wildman–Crippen LogP) is 4.85. The van der Waals surface area contributed by atoms with E-state index in [0.717, 1.165) is 33.4 Å². The Morgan fingerprint density at radius 1 is 1.17 bits per heavy atom. The summed E-state index contributed by atoms with van der Waals surface area (Å²) in [6.07, 6.45) is 0.833. The van der Waals surface area contributed by atoms with Crippen LogP contribution in [0.25, 0.3) is 11.4 Å². The van der Waals surface area contributed by atoms with E-state index in [2.05, 4.69) is 43.2 Å². The van der Waals surface area contributed by atoms with Crippen LogP contribution in [0.2, 0.25) is 0 Å². The summed E-state index contributed by atoms with van der Waals surface area (Å²) in [5.41, 5.74) is 3.63. The number of carbonyl (C=O) groups excluding carboxylic acids is 1. The lowest BCUT2D eigenvalue weighted by Gasteiger charge is -2.20. The van der Waals surface area contributed by atoms with Crippen LogP contribution in [0.15, 0.2) is 58.4 Å². The van der Waals surface area contributed by atoms with Crippen molar-refractivity contribution in [2.45, 2.75) is 26.8 Å². The van der Waals surface area contributed by atoms with E-state index in [0.29, 0.717) is 17.5 Å². The smallest absolute Gasteiger partial charge is 0.230 e. The number of aromatic nitrogens is 5. The van der Waals surface area contributed by atoms with Crippen molar-refractivity contribution < 1.29 is 4.79 Å². The van der Waals surface area contributed by atoms with Gasteiger partial charge in [0.25, 0.3) is 0 Å². The van der Waals surface area contributed by atoms with Gasteiger partial charge in [0.2, 0.25) is 11.7 Å². The largest absolute Gasteiger partial charge is 0.274 e. The van der Waals surface area contributed by atoms with Crippen LogP contribution < -0.4 is 4.90 Å². The predicted molar refractivity (Wildman–Crippen MR) is 121 cm³/mol. The van der Waals surface area contributed by atoms with Gasteiger partial charge in [-0.05, 0) is 47.5 Å². The summed E-state index contributed by atoms with van der Waals surface area (Å²) in [6, 6.07) is 15.6. The molecular weight excluding hydrogens is 464 g/mol. The van der Waals surface area contributed by atoms with Gasteiger partial charge in [0.05, 0.1) is 11.4 Å². The third kappa shape index (κ3) is 4.31. The molecule has 0 saturated carbocycles. The Bertz CT molecular complexity index is 1170. The molecule has 0 saturated heterocycles. The second-order valence-electron chi connectivity index (χ2n) is 6.61. The van der Waals surface area contributed by atoms with Crippen molar-refractivity contribution >= 4 is 44.0 Å². The van der Waals surface area contributed by atoms with Crippen LogP contribution in [0.1, 0.15) is 25.1 Å². The second-order valence-corrected chi connectivity index (χ2v) is 8.36. The molecule has 0 radical (unpaired) electrons. The number of anilines is 2. The second kappa shape index (κ2) is 8.85. The summed E-state index contributed by atoms with van der Waals surface area (Å²) >= 11 is 4.84. The van der Waals surface area contributed by atoms with Gasteiger partial charge in [-0.1, -0.05) is 41.1 Å². The molecule has 4 rings (SSSR count). The van der Waals surface area contributed by atoms with Gasteiger partial charge >= 0.3 is 0 Å². The highest BCUT2D eigenvalue weighted by Gasteiger charge is 2.20. The molecule has 0 spiro atoms. The molecule has 1 amide bonds. The van der Waals surface area contributed by atoms with Crippen LogP contribution in [0.4, 0.5) is 10.8 Å². The van der Waals surface area contributed by atoms with E-state index in [9.17, 15) is 4.79 Å². The number of tetrazole rings is 1. The third-order valence-corrected chi connectivity index (χ3v) is 5.92. The number of halogens is 1. The zero-order chi connectivity index (χ0) is 21.1. The minimum atomic E-state index is -0.0757. The van der Waals surface area contributed by atoms with Gasteiger partial charge in [-0.25, -0.2) is 4.98 Å². The molecule has 0 N–H and O–H groups in total. The summed E-state index contributed by atoms with van der Waals surface area (Å²) in [4.78, 5) is 20.2. The lowest BCUT2D eigenvalue weighted by atomic mass is 10.1. The summed E-state index contributed by atoms with van der Waals surface area (Å²) < 4.78 is 0.994. The van der Waals surface area contributed by atoms with E-state index in [1.165, 1.54) is 16.1 Å². The maximum Gasteiger partial charge on any atom is 0.230 e. The first-order valence-corrected chi connectivity index (χ1v) is 11.1. The molecule has 7 nitrogen and oxygen atoms in total. The molecule has 0 fully saturated rings. The van der Waals surface area contributed by atoms with Crippen LogP contribution in [-0.2, 0) is 17.8 Å². The number of hydrogen-bond acceptors (Lipinski definition) is 6. The maximum absolute atomic E-state index is 12.4. The standard InChI is InChI=1S/C21H19BrN6OS/c1-3-15-6-4-5-7-19(15)28(14(2)29)21-23-18(13-30-21)12-27-25-20(24-26-27)16-8-10-17(22)11-9-16/h4-11,13H,3,12H2,1-2H3. The molecule has 0 aliphatic carbocycles. The van der Waals surface area contributed by atoms with Crippen LogP contribution in [0, 0.1) is 0 Å². The molecule has 0 aliphatic rings. The highest BCUT2D eigenvalue weighted by Crippen LogP contribution is 2.31. The quantitative estimate of drug-likeness (QED) is 0.392. The summed E-state index contributed by atoms with van der Waals surface area (Å²) in [7, 11) is 0. The monoisotopic (exact) mass is 482 g/mol. The zero-order valence-corrected chi connectivity index (χ0v) is 18.9. The minimum absolute atomic E-state index is 0.0757. The number of nitrogens with zero attached hydrogens (tertiary/aromatic N) is 6. The Balaban J connectivity index is 1.56. The average Bonchev–Trinajstić information content (AvgIpc) is 3.39. The lowest BCUT2D eigenvalue weighted by Crippen LogP contribution is -2.23. The summed E-state index contributed by atoms with van der Waals surface area (Å²) in [6.45, 7) is 4.00. The van der Waals surface area contributed by atoms with Crippen molar-refractivity contribution in [1.82, 2.24) is 25.2 Å². The van der Waals surface area contributed by atoms with Gasteiger partial charge in [-0.15, -0.1) is 21.5 Å². The molecule has 0 bridgehead atoms. The molecular formula is C21H19BrN6OS. The van der Waals surface area contributed by atoms with Gasteiger partial charge in [0.15, 0.2) is 5.13 Å². The first-order valence-electron chi connectivity index (χ1n) is 9.42. The van der Waals surface area contributed by atoms with Crippen molar-refractivity contribution in [2.24, 2.45) is 0 Å². The van der Waals surface area contributed by atoms with Crippen molar-refractivity contribution in [3.63, 3.8) is 0 Å². The van der Waals surface area contributed by atoms with E-state index in [1.54, 1.807) is 11.8 Å². The number of hydrogen-bond donors (Lipinski definition) is 0. The third-order valence-electron chi connectivity index (χ3n) is 4.52. The first kappa shape index (κ1) is 20.4. The number of amides is 1. The van der Waals surface area contributed by atoms with Crippen molar-refractivity contribution in [2.75, 3.05) is 4.90 Å². The molecule has 30 heavy (non-hydrogen) atoms. The highest BCUT2D eigenvalue weighted by atomic mass is 79.9. The van der Waals surface area contributed by atoms with Gasteiger partial charge in [-0.3, -0.25) is 9.69 Å². The number of thiazole rings is 1. The molecule has 0 aliphatic heterocycles. The number of benzene rings is 2. The maximum atomic E-state index is 12.4. The molecule has 4 aromatic rings. The molecule has 9 heteroatoms. The SMILES string of the molecule is CCc1ccccc1N(C(C)=O)c1nc(Cn2nnc(-c3ccc(Br)cc3)n2)cs1. The summed E-state index contributed by atoms with van der Waals surface area (Å²) in [5.74, 6) is 0.480. The van der Waals surface area contributed by atoms with E-state index in [4.69, 9.17) is 0 Å². The first-order chi connectivity index (χ1) is 14.5. The molecule has 2 heterocycles. The Hall–Kier alpha value is -2.91. The fourth-order valence-electron chi connectivity index (χ4n) is 3.08. The Kier molecular flexibility index (Phi) is 6.01. The molecule has 2 aromatic carbocycles.